The average Bonchev–Trinajstić information content (AvgIpc) is 4.02. The second-order valence-electron chi connectivity index (χ2n) is 23.6. The zero-order chi connectivity index (χ0) is 45.9. The molecule has 358 valence electrons. The fraction of sp³-hybridized carbons (Fsp3) is 0.750. The molecule has 4 bridgehead atoms. The minimum atomic E-state index is -1.87. The van der Waals surface area contributed by atoms with Crippen molar-refractivity contribution in [1.82, 2.24) is 5.32 Å². The van der Waals surface area contributed by atoms with Gasteiger partial charge in [0.1, 0.15) is 18.0 Å². The maximum absolute atomic E-state index is 14.8. The Morgan fingerprint density at radius 1 is 0.939 bits per heavy atom. The molecule has 7 saturated carbocycles. The van der Waals surface area contributed by atoms with E-state index >= 15 is 0 Å². The summed E-state index contributed by atoms with van der Waals surface area (Å²) in [7, 11) is 0. The van der Waals surface area contributed by atoms with Gasteiger partial charge in [-0.05, 0) is 136 Å². The summed E-state index contributed by atoms with van der Waals surface area (Å²) in [5, 5.41) is 82.1. The van der Waals surface area contributed by atoms with Crippen LogP contribution in [0.15, 0.2) is 48.1 Å². The molecule has 0 saturated heterocycles. The highest BCUT2D eigenvalue weighted by molar-refractivity contribution is 5.87. The Balaban J connectivity index is 1.10. The molecular weight excluding hydrogens is 831 g/mol. The third-order valence-corrected chi connectivity index (χ3v) is 21.8. The van der Waals surface area contributed by atoms with Crippen molar-refractivity contribution in [3.05, 3.63) is 59.2 Å². The lowest BCUT2D eigenvalue weighted by atomic mass is 9.34. The van der Waals surface area contributed by atoms with Crippen molar-refractivity contribution in [3.63, 3.8) is 0 Å². The van der Waals surface area contributed by atoms with Crippen LogP contribution in [-0.4, -0.2) is 91.3 Å². The van der Waals surface area contributed by atoms with E-state index in [9.17, 15) is 40.2 Å². The van der Waals surface area contributed by atoms with Gasteiger partial charge >= 0.3 is 5.97 Å². The summed E-state index contributed by atoms with van der Waals surface area (Å²) < 4.78 is 6.29. The molecule has 11 rings (SSSR count). The van der Waals surface area contributed by atoms with Crippen molar-refractivity contribution in [2.24, 2.45) is 75.4 Å². The summed E-state index contributed by atoms with van der Waals surface area (Å²) in [5.41, 5.74) is -6.56. The number of benzene rings is 1. The second-order valence-corrected chi connectivity index (χ2v) is 23.6. The quantitative estimate of drug-likeness (QED) is 0.0371. The summed E-state index contributed by atoms with van der Waals surface area (Å²) in [6.07, 6.45) is 19.2. The number of aldehydes is 1. The maximum Gasteiger partial charge on any atom is 0.331 e. The Hall–Kier alpha value is -2.88. The first-order valence-corrected chi connectivity index (χ1v) is 26.3. The van der Waals surface area contributed by atoms with Gasteiger partial charge in [0.2, 0.25) is 0 Å². The molecule has 10 aliphatic rings. The first-order chi connectivity index (χ1) is 31.9. The Bertz CT molecular complexity index is 2190. The molecule has 7 fully saturated rings. The van der Waals surface area contributed by atoms with Crippen LogP contribution < -0.4 is 5.32 Å². The molecule has 7 N–H and O–H groups in total. The second kappa shape index (κ2) is 16.6. The van der Waals surface area contributed by atoms with Crippen LogP contribution in [0.4, 0.5) is 0 Å². The van der Waals surface area contributed by atoms with Gasteiger partial charge in [-0.3, -0.25) is 5.32 Å². The molecule has 0 radical (unpaired) electrons. The third kappa shape index (κ3) is 5.99. The van der Waals surface area contributed by atoms with Crippen LogP contribution in [0.5, 0.6) is 0 Å². The van der Waals surface area contributed by atoms with E-state index in [2.05, 4.69) is 42.3 Å². The SMILES string of the molecule is CCCCC[C@H]1C[C@]2(C=O)[C@H]3CC[C@@]45CCC#Cc6ccccc6C[C@H](NCO)[C@H]6C[C@H](C[C@]4(O)[C@]3(O)C[C@H]3C[C@H]4[C@H](C=CC[C@@H]4C4CCCC4)C[C@H]([C@H]1O)[C@@]32O)[C@]5(CO)C1=CC(=O)O[C@@H]16. The van der Waals surface area contributed by atoms with Crippen LogP contribution in [0.3, 0.4) is 0 Å². The number of hydrogen-bond donors (Lipinski definition) is 7. The van der Waals surface area contributed by atoms with E-state index in [-0.39, 0.29) is 62.3 Å². The third-order valence-electron chi connectivity index (χ3n) is 21.8. The summed E-state index contributed by atoms with van der Waals surface area (Å²) >= 11 is 0. The van der Waals surface area contributed by atoms with E-state index in [4.69, 9.17) is 4.74 Å². The number of unbranched alkanes of at least 4 members (excludes halogenated alkanes) is 2. The van der Waals surface area contributed by atoms with Gasteiger partial charge in [-0.2, -0.15) is 0 Å². The van der Waals surface area contributed by atoms with Gasteiger partial charge in [-0.25, -0.2) is 4.79 Å². The summed E-state index contributed by atoms with van der Waals surface area (Å²) in [5.74, 6) is 4.82. The van der Waals surface area contributed by atoms with Crippen molar-refractivity contribution >= 4 is 12.3 Å². The summed E-state index contributed by atoms with van der Waals surface area (Å²) in [6.45, 7) is 1.50. The molecule has 1 aliphatic heterocycles. The fourth-order valence-corrected chi connectivity index (χ4v) is 19.3. The van der Waals surface area contributed by atoms with Crippen LogP contribution >= 0.6 is 0 Å². The lowest BCUT2D eigenvalue weighted by Crippen LogP contribution is -2.82. The molecule has 1 heterocycles. The van der Waals surface area contributed by atoms with E-state index in [0.29, 0.717) is 68.8 Å². The van der Waals surface area contributed by atoms with E-state index in [1.807, 2.05) is 18.2 Å². The number of fused-ring (bicyclic) bond motifs is 8. The van der Waals surface area contributed by atoms with Crippen LogP contribution in [0.2, 0.25) is 0 Å². The van der Waals surface area contributed by atoms with Crippen molar-refractivity contribution in [2.45, 2.75) is 170 Å². The predicted molar refractivity (Wildman–Crippen MR) is 248 cm³/mol. The monoisotopic (exact) mass is 906 g/mol. The van der Waals surface area contributed by atoms with Gasteiger partial charge < -0.3 is 40.2 Å². The molecule has 9 aliphatic carbocycles. The van der Waals surface area contributed by atoms with E-state index in [1.165, 1.54) is 25.7 Å². The Morgan fingerprint density at radius 2 is 1.74 bits per heavy atom. The molecule has 1 spiro atoms. The maximum atomic E-state index is 14.8. The highest BCUT2D eigenvalue weighted by Gasteiger charge is 2.86. The summed E-state index contributed by atoms with van der Waals surface area (Å²) in [4.78, 5) is 28.5. The van der Waals surface area contributed by atoms with Crippen molar-refractivity contribution < 1.29 is 45.0 Å². The molecular formula is C56H75NO9. The normalized spacial score (nSPS) is 48.8. The molecule has 10 nitrogen and oxygen atoms in total. The molecule has 0 unspecified atom stereocenters. The number of hydrogen-bond acceptors (Lipinski definition) is 10. The van der Waals surface area contributed by atoms with Gasteiger partial charge in [-0.1, -0.05) is 94.1 Å². The van der Waals surface area contributed by atoms with Crippen molar-refractivity contribution in [3.8, 4) is 11.8 Å². The van der Waals surface area contributed by atoms with Crippen LogP contribution in [0.25, 0.3) is 0 Å². The molecule has 10 heteroatoms. The topological polar surface area (TPSA) is 177 Å². The number of esters is 1. The number of aliphatic hydroxyl groups excluding tert-OH is 3. The lowest BCUT2D eigenvalue weighted by molar-refractivity contribution is -0.352. The van der Waals surface area contributed by atoms with Crippen molar-refractivity contribution in [1.29, 1.82) is 0 Å². The van der Waals surface area contributed by atoms with Gasteiger partial charge in [0.25, 0.3) is 0 Å². The Labute approximate surface area is 391 Å². The van der Waals surface area contributed by atoms with E-state index in [1.54, 1.807) is 6.08 Å². The Kier molecular flexibility index (Phi) is 11.5. The minimum Gasteiger partial charge on any atom is -0.454 e. The van der Waals surface area contributed by atoms with Crippen LogP contribution in [-0.2, 0) is 20.7 Å². The number of nitrogens with one attached hydrogen (secondary N) is 1. The van der Waals surface area contributed by atoms with Gasteiger partial charge in [0.05, 0.1) is 36.1 Å². The van der Waals surface area contributed by atoms with Gasteiger partial charge in [0.15, 0.2) is 0 Å². The highest BCUT2D eigenvalue weighted by atomic mass is 16.5. The minimum absolute atomic E-state index is 0.0827. The smallest absolute Gasteiger partial charge is 0.331 e. The molecule has 1 aromatic rings. The van der Waals surface area contributed by atoms with Crippen LogP contribution in [0.1, 0.15) is 140 Å². The first-order valence-electron chi connectivity index (χ1n) is 26.3. The molecule has 18 atom stereocenters. The van der Waals surface area contributed by atoms with Crippen LogP contribution in [0, 0.1) is 87.3 Å². The zero-order valence-electron chi connectivity index (χ0n) is 39.1. The predicted octanol–water partition coefficient (Wildman–Crippen LogP) is 6.32. The first kappa shape index (κ1) is 45.6. The number of ether oxygens (including phenoxy) is 1. The van der Waals surface area contributed by atoms with E-state index in [0.717, 1.165) is 49.5 Å². The zero-order valence-corrected chi connectivity index (χ0v) is 39.1. The lowest BCUT2D eigenvalue weighted by Gasteiger charge is -2.73. The fourth-order valence-electron chi connectivity index (χ4n) is 19.3. The summed E-state index contributed by atoms with van der Waals surface area (Å²) in [6, 6.07) is 7.66. The van der Waals surface area contributed by atoms with Gasteiger partial charge in [0, 0.05) is 52.7 Å². The largest absolute Gasteiger partial charge is 0.454 e. The molecule has 0 amide bonds. The highest BCUT2D eigenvalue weighted by Crippen LogP contribution is 2.81. The number of rotatable bonds is 9. The standard InChI is InChI=1S/C56H75NO9/c1-2-3-4-17-38-28-51(31-58)47-20-22-52-21-10-9-13-34-12-5-8-16-36(34)24-46(57-33-60)43-25-39(53(52,32-59)45-27-48(61)66-50(43)45)30-55(52,64)54(47,63)29-40-26-42-37(23-44(49(38)62)56(40,51)65)18-11-19-41(42)35-14-6-7-15-35/h5,8,11-12,16,18,27,31,35,37-44,46-47,49-50,57,59-60,62-65H,2-4,6-7,10,14-15,17,19-26,28-30,32-33H2,1H3/t37-,38+,39-,40-,41-,42+,43-,44-,46+,47-,49+,50-,51+,52-,53-,54+,55-,56+/m1/s1. The number of allylic oxidation sites excluding steroid dienone is 2. The number of carbonyl (C=O) groups is 2. The van der Waals surface area contributed by atoms with E-state index < -0.39 is 74.9 Å². The molecule has 1 aromatic carbocycles. The molecule has 66 heavy (non-hydrogen) atoms. The average molecular weight is 906 g/mol. The van der Waals surface area contributed by atoms with Gasteiger partial charge in [-0.15, -0.1) is 0 Å². The number of aliphatic hydroxyl groups is 6. The van der Waals surface area contributed by atoms with Crippen molar-refractivity contribution in [2.75, 3.05) is 13.3 Å². The number of carbonyl (C=O) groups excluding carboxylic acids is 2. The Morgan fingerprint density at radius 3 is 2.52 bits per heavy atom. The molecule has 0 aromatic heterocycles.